The number of ether oxygens (including phenoxy) is 1. The van der Waals surface area contributed by atoms with E-state index in [0.29, 0.717) is 12.5 Å². The van der Waals surface area contributed by atoms with Gasteiger partial charge in [-0.15, -0.1) is 0 Å². The van der Waals surface area contributed by atoms with Gasteiger partial charge in [0.15, 0.2) is 0 Å². The van der Waals surface area contributed by atoms with Crippen molar-refractivity contribution in [2.45, 2.75) is 65.1 Å². The van der Waals surface area contributed by atoms with Crippen molar-refractivity contribution in [3.05, 3.63) is 29.8 Å². The second kappa shape index (κ2) is 8.67. The maximum absolute atomic E-state index is 11.0. The third-order valence-electron chi connectivity index (χ3n) is 3.33. The lowest BCUT2D eigenvalue weighted by Crippen LogP contribution is -2.39. The van der Waals surface area contributed by atoms with E-state index in [1.807, 2.05) is 38.1 Å². The van der Waals surface area contributed by atoms with Gasteiger partial charge in [0.25, 0.3) is 0 Å². The van der Waals surface area contributed by atoms with E-state index in [0.717, 1.165) is 17.7 Å². The summed E-state index contributed by atoms with van der Waals surface area (Å²) in [5.74, 6) is 0.0778. The highest BCUT2D eigenvalue weighted by Crippen LogP contribution is 2.16. The second-order valence-corrected chi connectivity index (χ2v) is 5.79. The summed E-state index contributed by atoms with van der Waals surface area (Å²) in [5.41, 5.74) is 1.12. The molecule has 0 saturated heterocycles. The molecule has 0 aliphatic rings. The first kappa shape index (κ1) is 17.5. The Kier molecular flexibility index (Phi) is 7.23. The van der Waals surface area contributed by atoms with Gasteiger partial charge in [0.2, 0.25) is 0 Å². The van der Waals surface area contributed by atoms with Crippen molar-refractivity contribution in [1.82, 2.24) is 5.32 Å². The van der Waals surface area contributed by atoms with E-state index < -0.39 is 5.97 Å². The lowest BCUT2D eigenvalue weighted by molar-refractivity contribution is -0.137. The summed E-state index contributed by atoms with van der Waals surface area (Å²) in [5, 5.41) is 12.4. The Hall–Kier alpha value is -1.55. The van der Waals surface area contributed by atoms with Crippen LogP contribution in [0.4, 0.5) is 0 Å². The van der Waals surface area contributed by atoms with Crippen LogP contribution in [-0.4, -0.2) is 29.3 Å². The monoisotopic (exact) mass is 293 g/mol. The molecule has 0 aromatic heterocycles. The van der Waals surface area contributed by atoms with E-state index in [-0.39, 0.29) is 18.6 Å². The van der Waals surface area contributed by atoms with Crippen molar-refractivity contribution in [3.63, 3.8) is 0 Å². The van der Waals surface area contributed by atoms with E-state index in [2.05, 4.69) is 19.2 Å². The van der Waals surface area contributed by atoms with Gasteiger partial charge in [-0.05, 0) is 51.3 Å². The third-order valence-corrected chi connectivity index (χ3v) is 3.33. The van der Waals surface area contributed by atoms with Crippen LogP contribution in [0.25, 0.3) is 0 Å². The minimum Gasteiger partial charge on any atom is -0.491 e. The fourth-order valence-electron chi connectivity index (χ4n) is 2.18. The maximum Gasteiger partial charge on any atom is 0.304 e. The molecule has 0 amide bonds. The standard InChI is InChI=1S/C17H27NO3/c1-5-13(4)18-15(11-17(19)20)10-14-6-8-16(9-7-14)21-12(2)3/h6-9,12-13,15,18H,5,10-11H2,1-4H3,(H,19,20). The molecule has 1 rings (SSSR count). The van der Waals surface area contributed by atoms with Gasteiger partial charge in [0.1, 0.15) is 5.75 Å². The summed E-state index contributed by atoms with van der Waals surface area (Å²) < 4.78 is 5.61. The van der Waals surface area contributed by atoms with Crippen LogP contribution < -0.4 is 10.1 Å². The number of carboxylic acid groups (broad SMARTS) is 1. The van der Waals surface area contributed by atoms with Crippen molar-refractivity contribution in [2.24, 2.45) is 0 Å². The largest absolute Gasteiger partial charge is 0.491 e. The minimum absolute atomic E-state index is 0.0469. The smallest absolute Gasteiger partial charge is 0.304 e. The Morgan fingerprint density at radius 1 is 1.24 bits per heavy atom. The van der Waals surface area contributed by atoms with Gasteiger partial charge >= 0.3 is 5.97 Å². The first-order chi connectivity index (χ1) is 9.90. The summed E-state index contributed by atoms with van der Waals surface area (Å²) in [7, 11) is 0. The van der Waals surface area contributed by atoms with Gasteiger partial charge in [-0.1, -0.05) is 19.1 Å². The van der Waals surface area contributed by atoms with Crippen LogP contribution in [0.15, 0.2) is 24.3 Å². The average molecular weight is 293 g/mol. The molecule has 4 heteroatoms. The number of benzene rings is 1. The molecule has 2 atom stereocenters. The number of hydrogen-bond donors (Lipinski definition) is 2. The number of carbonyl (C=O) groups is 1. The van der Waals surface area contributed by atoms with Crippen molar-refractivity contribution >= 4 is 5.97 Å². The fraction of sp³-hybridized carbons (Fsp3) is 0.588. The lowest BCUT2D eigenvalue weighted by Gasteiger charge is -2.21. The zero-order valence-electron chi connectivity index (χ0n) is 13.4. The molecule has 0 saturated carbocycles. The van der Waals surface area contributed by atoms with E-state index in [1.165, 1.54) is 0 Å². The quantitative estimate of drug-likeness (QED) is 0.734. The molecular formula is C17H27NO3. The molecule has 0 aliphatic heterocycles. The molecule has 118 valence electrons. The number of nitrogens with one attached hydrogen (secondary N) is 1. The highest BCUT2D eigenvalue weighted by atomic mass is 16.5. The van der Waals surface area contributed by atoms with Crippen LogP contribution in [0.3, 0.4) is 0 Å². The van der Waals surface area contributed by atoms with Gasteiger partial charge in [0, 0.05) is 12.1 Å². The molecular weight excluding hydrogens is 266 g/mol. The summed E-state index contributed by atoms with van der Waals surface area (Å²) >= 11 is 0. The molecule has 4 nitrogen and oxygen atoms in total. The van der Waals surface area contributed by atoms with Crippen molar-refractivity contribution in [2.75, 3.05) is 0 Å². The highest BCUT2D eigenvalue weighted by Gasteiger charge is 2.15. The van der Waals surface area contributed by atoms with Crippen LogP contribution >= 0.6 is 0 Å². The molecule has 0 heterocycles. The first-order valence-electron chi connectivity index (χ1n) is 7.64. The molecule has 1 aromatic rings. The fourth-order valence-corrected chi connectivity index (χ4v) is 2.18. The summed E-state index contributed by atoms with van der Waals surface area (Å²) in [6.45, 7) is 8.15. The Bertz CT molecular complexity index is 428. The van der Waals surface area contributed by atoms with Gasteiger partial charge in [-0.3, -0.25) is 4.79 Å². The Morgan fingerprint density at radius 3 is 2.33 bits per heavy atom. The molecule has 2 N–H and O–H groups in total. The molecule has 0 aliphatic carbocycles. The molecule has 21 heavy (non-hydrogen) atoms. The topological polar surface area (TPSA) is 58.6 Å². The Balaban J connectivity index is 2.66. The molecule has 0 fully saturated rings. The SMILES string of the molecule is CCC(C)NC(CC(=O)O)Cc1ccc(OC(C)C)cc1. The van der Waals surface area contributed by atoms with E-state index in [1.54, 1.807) is 0 Å². The van der Waals surface area contributed by atoms with Crippen LogP contribution in [0, 0.1) is 0 Å². The Labute approximate surface area is 127 Å². The second-order valence-electron chi connectivity index (χ2n) is 5.79. The minimum atomic E-state index is -0.768. The predicted molar refractivity (Wildman–Crippen MR) is 84.8 cm³/mol. The zero-order valence-corrected chi connectivity index (χ0v) is 13.4. The normalized spacial score (nSPS) is 14.0. The van der Waals surface area contributed by atoms with Crippen molar-refractivity contribution in [1.29, 1.82) is 0 Å². The highest BCUT2D eigenvalue weighted by molar-refractivity contribution is 5.67. The number of carboxylic acids is 1. The summed E-state index contributed by atoms with van der Waals surface area (Å²) in [6.07, 6.45) is 1.98. The first-order valence-corrected chi connectivity index (χ1v) is 7.64. The Morgan fingerprint density at radius 2 is 1.86 bits per heavy atom. The van der Waals surface area contributed by atoms with Crippen LogP contribution in [0.2, 0.25) is 0 Å². The predicted octanol–water partition coefficient (Wildman–Crippen LogP) is 3.25. The van der Waals surface area contributed by atoms with Crippen molar-refractivity contribution < 1.29 is 14.6 Å². The van der Waals surface area contributed by atoms with Crippen LogP contribution in [-0.2, 0) is 11.2 Å². The van der Waals surface area contributed by atoms with Gasteiger partial charge in [0.05, 0.1) is 12.5 Å². The van der Waals surface area contributed by atoms with Gasteiger partial charge < -0.3 is 15.2 Å². The van der Waals surface area contributed by atoms with Crippen molar-refractivity contribution in [3.8, 4) is 5.75 Å². The summed E-state index contributed by atoms with van der Waals surface area (Å²) in [6, 6.07) is 8.16. The number of aliphatic carboxylic acids is 1. The van der Waals surface area contributed by atoms with Crippen LogP contribution in [0.5, 0.6) is 5.75 Å². The van der Waals surface area contributed by atoms with E-state index in [4.69, 9.17) is 9.84 Å². The average Bonchev–Trinajstić information content (AvgIpc) is 2.39. The molecule has 2 unspecified atom stereocenters. The maximum atomic E-state index is 11.0. The van der Waals surface area contributed by atoms with E-state index >= 15 is 0 Å². The molecule has 0 radical (unpaired) electrons. The lowest BCUT2D eigenvalue weighted by atomic mass is 10.0. The zero-order chi connectivity index (χ0) is 15.8. The summed E-state index contributed by atoms with van der Waals surface area (Å²) in [4.78, 5) is 11.0. The molecule has 1 aromatic carbocycles. The molecule has 0 bridgehead atoms. The number of hydrogen-bond acceptors (Lipinski definition) is 3. The van der Waals surface area contributed by atoms with Gasteiger partial charge in [-0.2, -0.15) is 0 Å². The third kappa shape index (κ3) is 7.14. The molecule has 0 spiro atoms. The van der Waals surface area contributed by atoms with Crippen LogP contribution in [0.1, 0.15) is 46.1 Å². The van der Waals surface area contributed by atoms with E-state index in [9.17, 15) is 4.79 Å². The van der Waals surface area contributed by atoms with Gasteiger partial charge in [-0.25, -0.2) is 0 Å². The number of rotatable bonds is 9.